The van der Waals surface area contributed by atoms with E-state index in [0.717, 1.165) is 12.9 Å². The van der Waals surface area contributed by atoms with Gasteiger partial charge in [0.15, 0.2) is 0 Å². The average molecular weight is 172 g/mol. The van der Waals surface area contributed by atoms with Gasteiger partial charge in [0.25, 0.3) is 0 Å². The van der Waals surface area contributed by atoms with Crippen LogP contribution >= 0.6 is 0 Å². The Hall–Kier alpha value is -1.24. The third-order valence-electron chi connectivity index (χ3n) is 1.41. The normalized spacial score (nSPS) is 12.5. The zero-order chi connectivity index (χ0) is 9.94. The van der Waals surface area contributed by atoms with Crippen LogP contribution in [0.2, 0.25) is 6.82 Å². The second-order valence-electron chi connectivity index (χ2n) is 2.66. The third kappa shape index (κ3) is 8.67. The maximum absolute atomic E-state index is 3.88. The van der Waals surface area contributed by atoms with E-state index >= 15 is 0 Å². The fraction of sp³-hybridized carbons (Fsp3) is 0.167. The van der Waals surface area contributed by atoms with Gasteiger partial charge in [0.1, 0.15) is 7.28 Å². The SMILES string of the molecule is C=C(/C=C\C=C/C)/C=C\C=C/BC. The van der Waals surface area contributed by atoms with Crippen molar-refractivity contribution in [2.24, 2.45) is 0 Å². The maximum atomic E-state index is 3.88. The molecule has 0 aliphatic heterocycles. The molecule has 0 amide bonds. The van der Waals surface area contributed by atoms with Crippen LogP contribution in [0.15, 0.2) is 60.7 Å². The highest BCUT2D eigenvalue weighted by molar-refractivity contribution is 6.40. The molecular formula is C12H17B. The lowest BCUT2D eigenvalue weighted by Gasteiger charge is -1.85. The molecule has 0 spiro atoms. The predicted molar refractivity (Wildman–Crippen MR) is 64.4 cm³/mol. The minimum atomic E-state index is 1.01. The van der Waals surface area contributed by atoms with Crippen LogP contribution in [-0.4, -0.2) is 7.28 Å². The van der Waals surface area contributed by atoms with Gasteiger partial charge in [-0.05, 0) is 12.5 Å². The highest BCUT2D eigenvalue weighted by Crippen LogP contribution is 1.95. The molecule has 0 aromatic heterocycles. The summed E-state index contributed by atoms with van der Waals surface area (Å²) in [7, 11) is 1.07. The molecule has 0 fully saturated rings. The minimum absolute atomic E-state index is 1.01. The van der Waals surface area contributed by atoms with E-state index in [0.29, 0.717) is 0 Å². The molecule has 13 heavy (non-hydrogen) atoms. The van der Waals surface area contributed by atoms with Gasteiger partial charge < -0.3 is 0 Å². The predicted octanol–water partition coefficient (Wildman–Crippen LogP) is 3.23. The Labute approximate surface area is 82.3 Å². The van der Waals surface area contributed by atoms with Crippen LogP contribution in [0.3, 0.4) is 0 Å². The Morgan fingerprint density at radius 1 is 1.08 bits per heavy atom. The van der Waals surface area contributed by atoms with Crippen molar-refractivity contribution in [3.63, 3.8) is 0 Å². The summed E-state index contributed by atoms with van der Waals surface area (Å²) in [6.45, 7) is 7.99. The first-order valence-corrected chi connectivity index (χ1v) is 4.62. The Morgan fingerprint density at radius 2 is 1.69 bits per heavy atom. The molecule has 0 aromatic carbocycles. The quantitative estimate of drug-likeness (QED) is 0.441. The van der Waals surface area contributed by atoms with E-state index in [1.54, 1.807) is 0 Å². The molecule has 0 rings (SSSR count). The molecule has 68 valence electrons. The lowest BCUT2D eigenvalue weighted by Crippen LogP contribution is -1.68. The van der Waals surface area contributed by atoms with Crippen molar-refractivity contribution in [2.45, 2.75) is 13.7 Å². The summed E-state index contributed by atoms with van der Waals surface area (Å²) in [6, 6.07) is 0. The largest absolute Gasteiger partial charge is 0.144 e. The number of hydrogen-bond acceptors (Lipinski definition) is 0. The van der Waals surface area contributed by atoms with Crippen LogP contribution in [0.1, 0.15) is 6.92 Å². The monoisotopic (exact) mass is 172 g/mol. The van der Waals surface area contributed by atoms with Crippen molar-refractivity contribution in [1.29, 1.82) is 0 Å². The molecule has 0 unspecified atom stereocenters. The van der Waals surface area contributed by atoms with Crippen LogP contribution < -0.4 is 0 Å². The average Bonchev–Trinajstić information content (AvgIpc) is 2.13. The van der Waals surface area contributed by atoms with Crippen LogP contribution in [0.5, 0.6) is 0 Å². The van der Waals surface area contributed by atoms with Gasteiger partial charge in [0.2, 0.25) is 0 Å². The van der Waals surface area contributed by atoms with Crippen LogP contribution in [0, 0.1) is 0 Å². The first kappa shape index (κ1) is 11.8. The third-order valence-corrected chi connectivity index (χ3v) is 1.41. The Bertz CT molecular complexity index is 242. The van der Waals surface area contributed by atoms with E-state index in [9.17, 15) is 0 Å². The molecule has 0 saturated heterocycles. The zero-order valence-corrected chi connectivity index (χ0v) is 8.53. The van der Waals surface area contributed by atoms with Gasteiger partial charge in [-0.3, -0.25) is 0 Å². The van der Waals surface area contributed by atoms with Crippen molar-refractivity contribution in [3.8, 4) is 0 Å². The van der Waals surface area contributed by atoms with Crippen molar-refractivity contribution in [2.75, 3.05) is 0 Å². The van der Waals surface area contributed by atoms with Gasteiger partial charge in [-0.15, -0.1) is 5.98 Å². The second-order valence-corrected chi connectivity index (χ2v) is 2.66. The van der Waals surface area contributed by atoms with E-state index in [-0.39, 0.29) is 0 Å². The summed E-state index contributed by atoms with van der Waals surface area (Å²) >= 11 is 0. The van der Waals surface area contributed by atoms with Crippen molar-refractivity contribution in [1.82, 2.24) is 0 Å². The Balaban J connectivity index is 3.86. The van der Waals surface area contributed by atoms with E-state index < -0.39 is 0 Å². The van der Waals surface area contributed by atoms with Gasteiger partial charge >= 0.3 is 0 Å². The van der Waals surface area contributed by atoms with Gasteiger partial charge in [-0.1, -0.05) is 55.9 Å². The topological polar surface area (TPSA) is 0 Å². The molecule has 0 N–H and O–H groups in total. The molecule has 0 bridgehead atoms. The molecule has 0 saturated carbocycles. The molecule has 0 atom stereocenters. The molecule has 1 heteroatoms. The number of rotatable bonds is 5. The molecule has 0 radical (unpaired) electrons. The molecule has 0 aromatic rings. The van der Waals surface area contributed by atoms with E-state index in [1.807, 2.05) is 49.5 Å². The molecule has 0 aliphatic rings. The fourth-order valence-corrected chi connectivity index (χ4v) is 0.740. The van der Waals surface area contributed by atoms with E-state index in [2.05, 4.69) is 19.4 Å². The number of hydrogen-bond donors (Lipinski definition) is 0. The minimum Gasteiger partial charge on any atom is -0.120 e. The first-order valence-electron chi connectivity index (χ1n) is 4.62. The lowest BCUT2D eigenvalue weighted by molar-refractivity contribution is 1.69. The fourth-order valence-electron chi connectivity index (χ4n) is 0.740. The second kappa shape index (κ2) is 8.86. The summed E-state index contributed by atoms with van der Waals surface area (Å²) in [5, 5.41) is 0. The standard InChI is InChI=1S/C12H17B/c1-4-5-6-9-12(2)10-7-8-11-13-3/h4-11,13H,2H2,1,3H3/b5-4-,9-6-,10-7-,11-8-. The highest BCUT2D eigenvalue weighted by atomic mass is 13.8. The summed E-state index contributed by atoms with van der Waals surface area (Å²) in [5.41, 5.74) is 1.01. The molecule has 0 heterocycles. The highest BCUT2D eigenvalue weighted by Gasteiger charge is 1.75. The Kier molecular flexibility index (Phi) is 8.02. The summed E-state index contributed by atoms with van der Waals surface area (Å²) in [6.07, 6.45) is 14.0. The van der Waals surface area contributed by atoms with Gasteiger partial charge in [0.05, 0.1) is 0 Å². The van der Waals surface area contributed by atoms with Crippen LogP contribution in [-0.2, 0) is 0 Å². The maximum Gasteiger partial charge on any atom is 0.144 e. The smallest absolute Gasteiger partial charge is 0.120 e. The Morgan fingerprint density at radius 3 is 2.23 bits per heavy atom. The lowest BCUT2D eigenvalue weighted by atomic mass is 9.82. The number of allylic oxidation sites excluding steroid dienone is 8. The zero-order valence-electron chi connectivity index (χ0n) is 8.53. The van der Waals surface area contributed by atoms with E-state index in [4.69, 9.17) is 0 Å². The van der Waals surface area contributed by atoms with Gasteiger partial charge in [-0.25, -0.2) is 0 Å². The molecular weight excluding hydrogens is 155 g/mol. The van der Waals surface area contributed by atoms with Crippen LogP contribution in [0.4, 0.5) is 0 Å². The van der Waals surface area contributed by atoms with Gasteiger partial charge in [0, 0.05) is 0 Å². The van der Waals surface area contributed by atoms with Crippen molar-refractivity contribution in [3.05, 3.63) is 60.7 Å². The first-order chi connectivity index (χ1) is 6.31. The van der Waals surface area contributed by atoms with Crippen molar-refractivity contribution >= 4 is 7.28 Å². The summed E-state index contributed by atoms with van der Waals surface area (Å²) in [5.74, 6) is 2.11. The molecule has 0 aliphatic carbocycles. The molecule has 0 nitrogen and oxygen atoms in total. The van der Waals surface area contributed by atoms with Gasteiger partial charge in [-0.2, -0.15) is 0 Å². The van der Waals surface area contributed by atoms with Crippen LogP contribution in [0.25, 0.3) is 0 Å². The van der Waals surface area contributed by atoms with E-state index in [1.165, 1.54) is 0 Å². The summed E-state index contributed by atoms with van der Waals surface area (Å²) in [4.78, 5) is 0. The van der Waals surface area contributed by atoms with Crippen molar-refractivity contribution < 1.29 is 0 Å². The summed E-state index contributed by atoms with van der Waals surface area (Å²) < 4.78 is 0.